The Morgan fingerprint density at radius 3 is 2.29 bits per heavy atom. The number of hydrogen-bond acceptors (Lipinski definition) is 4. The number of halogens is 3. The molecule has 1 saturated carbocycles. The van der Waals surface area contributed by atoms with Gasteiger partial charge in [0.15, 0.2) is 0 Å². The maximum atomic E-state index is 14.7. The lowest BCUT2D eigenvalue weighted by Crippen LogP contribution is -2.52. The first-order chi connectivity index (χ1) is 19.5. The number of nitrogens with one attached hydrogen (secondary N) is 1. The zero-order valence-electron chi connectivity index (χ0n) is 22.8. The van der Waals surface area contributed by atoms with Crippen LogP contribution in [0.5, 0.6) is 0 Å². The van der Waals surface area contributed by atoms with E-state index < -0.39 is 34.3 Å². The van der Waals surface area contributed by atoms with E-state index in [0.717, 1.165) is 35.6 Å². The average Bonchev–Trinajstić information content (AvgIpc) is 3.45. The Hall–Kier alpha value is -3.14. The lowest BCUT2D eigenvalue weighted by Gasteiger charge is -2.32. The van der Waals surface area contributed by atoms with Crippen LogP contribution in [0, 0.1) is 12.7 Å². The van der Waals surface area contributed by atoms with Crippen molar-refractivity contribution in [1.29, 1.82) is 0 Å². The number of carbonyl (C=O) groups is 2. The first-order valence-electron chi connectivity index (χ1n) is 13.3. The van der Waals surface area contributed by atoms with Gasteiger partial charge < -0.3 is 10.2 Å². The van der Waals surface area contributed by atoms with Gasteiger partial charge >= 0.3 is 0 Å². The summed E-state index contributed by atoms with van der Waals surface area (Å²) in [6, 6.07) is 15.4. The van der Waals surface area contributed by atoms with Gasteiger partial charge in [0.1, 0.15) is 18.4 Å². The second kappa shape index (κ2) is 13.2. The molecule has 0 radical (unpaired) electrons. The van der Waals surface area contributed by atoms with Gasteiger partial charge in [-0.05, 0) is 63.1 Å². The zero-order valence-corrected chi connectivity index (χ0v) is 25.1. The minimum absolute atomic E-state index is 0.00462. The summed E-state index contributed by atoms with van der Waals surface area (Å²) in [5, 5.41) is 3.30. The second-order valence-corrected chi connectivity index (χ2v) is 12.9. The molecule has 11 heteroatoms. The largest absolute Gasteiger partial charge is 0.352 e. The summed E-state index contributed by atoms with van der Waals surface area (Å²) in [5.41, 5.74) is 1.17. The van der Waals surface area contributed by atoms with E-state index in [-0.39, 0.29) is 44.7 Å². The van der Waals surface area contributed by atoms with Crippen molar-refractivity contribution in [2.45, 2.75) is 63.1 Å². The lowest BCUT2D eigenvalue weighted by molar-refractivity contribution is -0.139. The smallest absolute Gasteiger partial charge is 0.264 e. The van der Waals surface area contributed by atoms with Crippen molar-refractivity contribution < 1.29 is 22.4 Å². The first-order valence-corrected chi connectivity index (χ1v) is 15.5. The number of carbonyl (C=O) groups excluding carboxylic acids is 2. The Labute approximate surface area is 250 Å². The summed E-state index contributed by atoms with van der Waals surface area (Å²) in [7, 11) is -4.27. The third-order valence-electron chi connectivity index (χ3n) is 7.25. The van der Waals surface area contributed by atoms with E-state index in [2.05, 4.69) is 5.32 Å². The van der Waals surface area contributed by atoms with E-state index in [4.69, 9.17) is 23.2 Å². The summed E-state index contributed by atoms with van der Waals surface area (Å²) >= 11 is 12.3. The topological polar surface area (TPSA) is 86.8 Å². The molecular formula is C30H32Cl2FN3O4S. The van der Waals surface area contributed by atoms with Crippen molar-refractivity contribution in [2.24, 2.45) is 0 Å². The highest BCUT2D eigenvalue weighted by Gasteiger charge is 2.34. The molecule has 0 aromatic heterocycles. The van der Waals surface area contributed by atoms with E-state index in [9.17, 15) is 22.4 Å². The number of rotatable bonds is 10. The van der Waals surface area contributed by atoms with E-state index in [1.807, 2.05) is 6.92 Å². The highest BCUT2D eigenvalue weighted by molar-refractivity contribution is 7.92. The molecule has 0 saturated heterocycles. The highest BCUT2D eigenvalue weighted by Crippen LogP contribution is 2.31. The van der Waals surface area contributed by atoms with Crippen molar-refractivity contribution in [3.05, 3.63) is 93.7 Å². The first kappa shape index (κ1) is 30.8. The van der Waals surface area contributed by atoms with E-state index in [1.54, 1.807) is 25.1 Å². The molecule has 1 fully saturated rings. The molecule has 4 rings (SSSR count). The molecule has 1 N–H and O–H groups in total. The van der Waals surface area contributed by atoms with Gasteiger partial charge in [-0.1, -0.05) is 71.9 Å². The molecule has 0 unspecified atom stereocenters. The van der Waals surface area contributed by atoms with Crippen LogP contribution in [0.1, 0.15) is 43.7 Å². The maximum Gasteiger partial charge on any atom is 0.264 e. The quantitative estimate of drug-likeness (QED) is 0.296. The van der Waals surface area contributed by atoms with Crippen LogP contribution >= 0.6 is 23.2 Å². The van der Waals surface area contributed by atoms with Gasteiger partial charge in [-0.25, -0.2) is 12.8 Å². The minimum Gasteiger partial charge on any atom is -0.352 e. The average molecular weight is 621 g/mol. The van der Waals surface area contributed by atoms with E-state index in [0.29, 0.717) is 0 Å². The molecule has 0 heterocycles. The SMILES string of the molecule is Cc1ccc(S(=O)(=O)N(CC(=O)N(Cc2ccccc2F)[C@@H](C)C(=O)NC2CCCC2)c2ccc(Cl)c(Cl)c2)cc1. The fourth-order valence-corrected chi connectivity index (χ4v) is 6.49. The van der Waals surface area contributed by atoms with Gasteiger partial charge in [0.05, 0.1) is 20.6 Å². The molecule has 1 aliphatic carbocycles. The highest BCUT2D eigenvalue weighted by atomic mass is 35.5. The molecule has 7 nitrogen and oxygen atoms in total. The van der Waals surface area contributed by atoms with Gasteiger partial charge in [-0.15, -0.1) is 0 Å². The molecule has 0 bridgehead atoms. The third-order valence-corrected chi connectivity index (χ3v) is 9.77. The number of benzene rings is 3. The van der Waals surface area contributed by atoms with Crippen molar-refractivity contribution in [2.75, 3.05) is 10.8 Å². The lowest BCUT2D eigenvalue weighted by atomic mass is 10.1. The van der Waals surface area contributed by atoms with Gasteiger partial charge in [0.25, 0.3) is 10.0 Å². The molecule has 0 aliphatic heterocycles. The molecular weight excluding hydrogens is 588 g/mol. The fourth-order valence-electron chi connectivity index (χ4n) is 4.79. The Bertz CT molecular complexity index is 1510. The number of anilines is 1. The number of nitrogens with zero attached hydrogens (tertiary/aromatic N) is 2. The molecule has 1 atom stereocenters. The molecule has 3 aromatic carbocycles. The predicted octanol–water partition coefficient (Wildman–Crippen LogP) is 6.11. The van der Waals surface area contributed by atoms with Gasteiger partial charge in [-0.3, -0.25) is 13.9 Å². The van der Waals surface area contributed by atoms with Crippen molar-refractivity contribution in [1.82, 2.24) is 10.2 Å². The summed E-state index contributed by atoms with van der Waals surface area (Å²) in [4.78, 5) is 28.4. The molecule has 3 aromatic rings. The Morgan fingerprint density at radius 2 is 1.66 bits per heavy atom. The molecule has 41 heavy (non-hydrogen) atoms. The van der Waals surface area contributed by atoms with Crippen LogP contribution in [0.15, 0.2) is 71.6 Å². The Kier molecular flexibility index (Phi) is 9.94. The Balaban J connectivity index is 1.71. The van der Waals surface area contributed by atoms with Crippen molar-refractivity contribution >= 4 is 50.7 Å². The zero-order chi connectivity index (χ0) is 29.7. The summed E-state index contributed by atoms with van der Waals surface area (Å²) < 4.78 is 43.4. The summed E-state index contributed by atoms with van der Waals surface area (Å²) in [6.07, 6.45) is 3.71. The van der Waals surface area contributed by atoms with Crippen LogP contribution in [0.3, 0.4) is 0 Å². The maximum absolute atomic E-state index is 14.7. The van der Waals surface area contributed by atoms with E-state index >= 15 is 0 Å². The number of amides is 2. The van der Waals surface area contributed by atoms with Crippen LogP contribution in [0.25, 0.3) is 0 Å². The monoisotopic (exact) mass is 619 g/mol. The van der Waals surface area contributed by atoms with Gasteiger partial charge in [-0.2, -0.15) is 0 Å². The minimum atomic E-state index is -4.27. The van der Waals surface area contributed by atoms with Crippen LogP contribution in [-0.2, 0) is 26.2 Å². The van der Waals surface area contributed by atoms with Crippen molar-refractivity contribution in [3.8, 4) is 0 Å². The molecule has 1 aliphatic rings. The normalized spacial score (nSPS) is 14.5. The van der Waals surface area contributed by atoms with Crippen LogP contribution < -0.4 is 9.62 Å². The number of hydrogen-bond donors (Lipinski definition) is 1. The molecule has 0 spiro atoms. The van der Waals surface area contributed by atoms with E-state index in [1.165, 1.54) is 53.4 Å². The standard InChI is InChI=1S/C30H32Cl2FN3O4S/c1-20-11-14-25(15-12-20)41(39,40)36(24-13-16-26(31)27(32)17-24)19-29(37)35(18-22-7-3-6-10-28(22)33)21(2)30(38)34-23-8-4-5-9-23/h3,6-7,10-17,21,23H,4-5,8-9,18-19H2,1-2H3,(H,34,38)/t21-/m0/s1. The van der Waals surface area contributed by atoms with Crippen molar-refractivity contribution in [3.63, 3.8) is 0 Å². The molecule has 218 valence electrons. The van der Waals surface area contributed by atoms with Crippen LogP contribution in [0.4, 0.5) is 10.1 Å². The number of sulfonamides is 1. The fraction of sp³-hybridized carbons (Fsp3) is 0.333. The summed E-state index contributed by atoms with van der Waals surface area (Å²) in [5.74, 6) is -1.62. The third kappa shape index (κ3) is 7.39. The summed E-state index contributed by atoms with van der Waals surface area (Å²) in [6.45, 7) is 2.49. The van der Waals surface area contributed by atoms with Crippen LogP contribution in [0.2, 0.25) is 10.0 Å². The Morgan fingerprint density at radius 1 is 1.00 bits per heavy atom. The predicted molar refractivity (Wildman–Crippen MR) is 159 cm³/mol. The second-order valence-electron chi connectivity index (χ2n) is 10.2. The van der Waals surface area contributed by atoms with Crippen LogP contribution in [-0.4, -0.2) is 43.8 Å². The number of aryl methyl sites for hydroxylation is 1. The van der Waals surface area contributed by atoms with Gasteiger partial charge in [0.2, 0.25) is 11.8 Å². The van der Waals surface area contributed by atoms with Gasteiger partial charge in [0, 0.05) is 18.2 Å². The molecule has 2 amide bonds.